The van der Waals surface area contributed by atoms with E-state index in [1.165, 1.54) is 6.20 Å². The molecule has 98 valence electrons. The summed E-state index contributed by atoms with van der Waals surface area (Å²) in [5, 5.41) is 0. The summed E-state index contributed by atoms with van der Waals surface area (Å²) in [7, 11) is 0. The van der Waals surface area contributed by atoms with E-state index in [-0.39, 0.29) is 5.91 Å². The van der Waals surface area contributed by atoms with E-state index in [4.69, 9.17) is 5.84 Å². The molecule has 0 aliphatic rings. The molecule has 19 heavy (non-hydrogen) atoms. The number of nitrogen functional groups attached to an aromatic ring is 1. The Morgan fingerprint density at radius 3 is 2.68 bits per heavy atom. The predicted octanol–water partition coefficient (Wildman–Crippen LogP) is 2.03. The minimum absolute atomic E-state index is 0.130. The molecule has 1 amide bonds. The van der Waals surface area contributed by atoms with Gasteiger partial charge in [0, 0.05) is 24.6 Å². The van der Waals surface area contributed by atoms with Gasteiger partial charge in [-0.25, -0.2) is 0 Å². The highest BCUT2D eigenvalue weighted by Crippen LogP contribution is 2.20. The quantitative estimate of drug-likeness (QED) is 0.648. The van der Waals surface area contributed by atoms with Crippen LogP contribution >= 0.6 is 0 Å². The SMILES string of the molecule is CCN(C(=O)c1cnccc1NN)c1ccccc1. The standard InChI is InChI=1S/C14H16N4O/c1-2-18(11-6-4-3-5-7-11)14(19)12-10-16-9-8-13(12)17-15/h3-10H,2,15H2,1H3,(H,16,17). The third-order valence-electron chi connectivity index (χ3n) is 2.84. The summed E-state index contributed by atoms with van der Waals surface area (Å²) in [5.74, 6) is 5.29. The molecule has 1 heterocycles. The Morgan fingerprint density at radius 1 is 1.32 bits per heavy atom. The van der Waals surface area contributed by atoms with Gasteiger partial charge in [0.2, 0.25) is 0 Å². The number of para-hydroxylation sites is 1. The average Bonchev–Trinajstić information content (AvgIpc) is 2.49. The normalized spacial score (nSPS) is 10.0. The van der Waals surface area contributed by atoms with Gasteiger partial charge in [-0.1, -0.05) is 18.2 Å². The third-order valence-corrected chi connectivity index (χ3v) is 2.84. The highest BCUT2D eigenvalue weighted by molar-refractivity contribution is 6.09. The number of aromatic nitrogens is 1. The number of nitrogens with one attached hydrogen (secondary N) is 1. The van der Waals surface area contributed by atoms with E-state index < -0.39 is 0 Å². The van der Waals surface area contributed by atoms with Gasteiger partial charge in [-0.2, -0.15) is 0 Å². The number of rotatable bonds is 4. The molecule has 3 N–H and O–H groups in total. The van der Waals surface area contributed by atoms with E-state index in [1.807, 2.05) is 37.3 Å². The third kappa shape index (κ3) is 2.71. The molecule has 0 aliphatic heterocycles. The van der Waals surface area contributed by atoms with E-state index in [1.54, 1.807) is 17.2 Å². The first kappa shape index (κ1) is 13.0. The van der Waals surface area contributed by atoms with Crippen molar-refractivity contribution in [1.82, 2.24) is 4.98 Å². The van der Waals surface area contributed by atoms with Crippen molar-refractivity contribution in [3.05, 3.63) is 54.4 Å². The van der Waals surface area contributed by atoms with Crippen molar-refractivity contribution in [1.29, 1.82) is 0 Å². The number of carbonyl (C=O) groups is 1. The summed E-state index contributed by atoms with van der Waals surface area (Å²) in [5.41, 5.74) is 4.39. The maximum absolute atomic E-state index is 12.5. The number of pyridine rings is 1. The van der Waals surface area contributed by atoms with Gasteiger partial charge in [-0.15, -0.1) is 0 Å². The number of amides is 1. The van der Waals surface area contributed by atoms with Crippen LogP contribution in [0.1, 0.15) is 17.3 Å². The molecule has 2 rings (SSSR count). The van der Waals surface area contributed by atoms with Crippen molar-refractivity contribution in [2.45, 2.75) is 6.92 Å². The zero-order chi connectivity index (χ0) is 13.7. The molecule has 0 radical (unpaired) electrons. The molecule has 0 saturated carbocycles. The van der Waals surface area contributed by atoms with Gasteiger partial charge in [0.15, 0.2) is 0 Å². The zero-order valence-electron chi connectivity index (χ0n) is 10.7. The van der Waals surface area contributed by atoms with Crippen LogP contribution in [0.4, 0.5) is 11.4 Å². The zero-order valence-corrected chi connectivity index (χ0v) is 10.7. The Labute approximate surface area is 112 Å². The number of anilines is 2. The van der Waals surface area contributed by atoms with Crippen molar-refractivity contribution in [2.24, 2.45) is 5.84 Å². The minimum atomic E-state index is -0.130. The molecule has 0 atom stereocenters. The van der Waals surface area contributed by atoms with Crippen LogP contribution in [0.25, 0.3) is 0 Å². The topological polar surface area (TPSA) is 71.2 Å². The molecule has 0 aliphatic carbocycles. The van der Waals surface area contributed by atoms with Crippen LogP contribution in [-0.2, 0) is 0 Å². The number of nitrogens with zero attached hydrogens (tertiary/aromatic N) is 2. The lowest BCUT2D eigenvalue weighted by atomic mass is 10.2. The van der Waals surface area contributed by atoms with Crippen LogP contribution in [-0.4, -0.2) is 17.4 Å². The first-order valence-corrected chi connectivity index (χ1v) is 6.05. The van der Waals surface area contributed by atoms with Gasteiger partial charge in [-0.3, -0.25) is 15.6 Å². The predicted molar refractivity (Wildman–Crippen MR) is 75.8 cm³/mol. The van der Waals surface area contributed by atoms with Gasteiger partial charge in [0.1, 0.15) is 0 Å². The first-order valence-electron chi connectivity index (χ1n) is 6.05. The second-order valence-electron chi connectivity index (χ2n) is 3.95. The number of hydrogen-bond donors (Lipinski definition) is 2. The Bertz CT molecular complexity index is 556. The van der Waals surface area contributed by atoms with Gasteiger partial charge >= 0.3 is 0 Å². The summed E-state index contributed by atoms with van der Waals surface area (Å²) in [6.45, 7) is 2.50. The van der Waals surface area contributed by atoms with Crippen molar-refractivity contribution in [3.8, 4) is 0 Å². The van der Waals surface area contributed by atoms with E-state index >= 15 is 0 Å². The van der Waals surface area contributed by atoms with Crippen LogP contribution in [0.5, 0.6) is 0 Å². The summed E-state index contributed by atoms with van der Waals surface area (Å²) in [6.07, 6.45) is 3.11. The van der Waals surface area contributed by atoms with E-state index in [2.05, 4.69) is 10.4 Å². The number of nitrogens with two attached hydrogens (primary N) is 1. The van der Waals surface area contributed by atoms with E-state index in [9.17, 15) is 4.79 Å². The van der Waals surface area contributed by atoms with Gasteiger partial charge in [-0.05, 0) is 25.1 Å². The molecular formula is C14H16N4O. The van der Waals surface area contributed by atoms with Crippen molar-refractivity contribution in [2.75, 3.05) is 16.9 Å². The fraction of sp³-hybridized carbons (Fsp3) is 0.143. The second-order valence-corrected chi connectivity index (χ2v) is 3.95. The van der Waals surface area contributed by atoms with Crippen LogP contribution in [0, 0.1) is 0 Å². The molecule has 5 heteroatoms. The van der Waals surface area contributed by atoms with Gasteiger partial charge in [0.25, 0.3) is 5.91 Å². The van der Waals surface area contributed by atoms with Crippen molar-refractivity contribution in [3.63, 3.8) is 0 Å². The van der Waals surface area contributed by atoms with Gasteiger partial charge in [0.05, 0.1) is 11.3 Å². The monoisotopic (exact) mass is 256 g/mol. The summed E-state index contributed by atoms with van der Waals surface area (Å²) < 4.78 is 0. The summed E-state index contributed by atoms with van der Waals surface area (Å²) in [4.78, 5) is 18.2. The van der Waals surface area contributed by atoms with Crippen LogP contribution < -0.4 is 16.2 Å². The molecule has 0 fully saturated rings. The molecule has 0 spiro atoms. The Hall–Kier alpha value is -2.40. The van der Waals surface area contributed by atoms with E-state index in [0.717, 1.165) is 5.69 Å². The fourth-order valence-corrected chi connectivity index (χ4v) is 1.89. The Morgan fingerprint density at radius 2 is 2.05 bits per heavy atom. The maximum Gasteiger partial charge on any atom is 0.261 e. The largest absolute Gasteiger partial charge is 0.323 e. The lowest BCUT2D eigenvalue weighted by molar-refractivity contribution is 0.0988. The number of hydrogen-bond acceptors (Lipinski definition) is 4. The molecule has 1 aromatic heterocycles. The van der Waals surface area contributed by atoms with Crippen LogP contribution in [0.3, 0.4) is 0 Å². The molecular weight excluding hydrogens is 240 g/mol. The molecule has 0 saturated heterocycles. The number of hydrazine groups is 1. The van der Waals surface area contributed by atoms with E-state index in [0.29, 0.717) is 17.8 Å². The fourth-order valence-electron chi connectivity index (χ4n) is 1.89. The Balaban J connectivity index is 2.36. The average molecular weight is 256 g/mol. The lowest BCUT2D eigenvalue weighted by Gasteiger charge is -2.22. The molecule has 2 aromatic rings. The lowest BCUT2D eigenvalue weighted by Crippen LogP contribution is -2.31. The highest BCUT2D eigenvalue weighted by Gasteiger charge is 2.18. The van der Waals surface area contributed by atoms with Crippen molar-refractivity contribution >= 4 is 17.3 Å². The highest BCUT2D eigenvalue weighted by atomic mass is 16.2. The van der Waals surface area contributed by atoms with Crippen LogP contribution in [0.2, 0.25) is 0 Å². The van der Waals surface area contributed by atoms with Crippen molar-refractivity contribution < 1.29 is 4.79 Å². The summed E-state index contributed by atoms with van der Waals surface area (Å²) >= 11 is 0. The number of carbonyl (C=O) groups excluding carboxylic acids is 1. The summed E-state index contributed by atoms with van der Waals surface area (Å²) in [6, 6.07) is 11.2. The number of benzene rings is 1. The Kier molecular flexibility index (Phi) is 4.10. The molecule has 5 nitrogen and oxygen atoms in total. The van der Waals surface area contributed by atoms with Crippen LogP contribution in [0.15, 0.2) is 48.8 Å². The first-order chi connectivity index (χ1) is 9.27. The molecule has 1 aromatic carbocycles. The maximum atomic E-state index is 12.5. The van der Waals surface area contributed by atoms with Gasteiger partial charge < -0.3 is 10.3 Å². The second kappa shape index (κ2) is 5.97. The smallest absolute Gasteiger partial charge is 0.261 e. The minimum Gasteiger partial charge on any atom is -0.323 e. The molecule has 0 bridgehead atoms. The molecule has 0 unspecified atom stereocenters.